The van der Waals surface area contributed by atoms with Gasteiger partial charge in [-0.15, -0.1) is 11.3 Å². The van der Waals surface area contributed by atoms with Gasteiger partial charge in [-0.1, -0.05) is 6.07 Å². The van der Waals surface area contributed by atoms with Crippen LogP contribution in [0.15, 0.2) is 33.9 Å². The number of nitrogen functional groups attached to an aromatic ring is 1. The van der Waals surface area contributed by atoms with Gasteiger partial charge < -0.3 is 5.73 Å². The van der Waals surface area contributed by atoms with E-state index in [4.69, 9.17) is 5.73 Å². The number of anilines is 2. The molecular weight excluding hydrogens is 268 g/mol. The summed E-state index contributed by atoms with van der Waals surface area (Å²) in [5, 5.41) is 1.73. The summed E-state index contributed by atoms with van der Waals surface area (Å²) in [6, 6.07) is 6.80. The molecule has 0 aliphatic heterocycles. The summed E-state index contributed by atoms with van der Waals surface area (Å²) in [6.45, 7) is 3.67. The number of nitrogens with two attached hydrogens (primary N) is 1. The van der Waals surface area contributed by atoms with Crippen LogP contribution in [0.2, 0.25) is 0 Å². The van der Waals surface area contributed by atoms with Crippen molar-refractivity contribution < 1.29 is 8.42 Å². The molecule has 0 fully saturated rings. The van der Waals surface area contributed by atoms with Gasteiger partial charge in [0.1, 0.15) is 4.21 Å². The third-order valence-corrected chi connectivity index (χ3v) is 5.38. The molecule has 2 aromatic rings. The lowest BCUT2D eigenvalue weighted by Gasteiger charge is -2.11. The normalized spacial score (nSPS) is 11.4. The molecule has 0 aliphatic carbocycles. The van der Waals surface area contributed by atoms with Crippen LogP contribution in [-0.2, 0) is 10.0 Å². The van der Waals surface area contributed by atoms with Gasteiger partial charge in [0.2, 0.25) is 0 Å². The Morgan fingerprint density at radius 2 is 1.94 bits per heavy atom. The fraction of sp³-hybridized carbons (Fsp3) is 0.167. The van der Waals surface area contributed by atoms with Gasteiger partial charge in [0.05, 0.1) is 5.69 Å². The van der Waals surface area contributed by atoms with Crippen LogP contribution in [0.3, 0.4) is 0 Å². The van der Waals surface area contributed by atoms with E-state index in [0.717, 1.165) is 11.1 Å². The molecule has 0 radical (unpaired) electrons. The molecule has 0 atom stereocenters. The lowest BCUT2D eigenvalue weighted by atomic mass is 10.1. The van der Waals surface area contributed by atoms with Crippen LogP contribution in [0.4, 0.5) is 11.4 Å². The summed E-state index contributed by atoms with van der Waals surface area (Å²) in [4.78, 5) is 0. The van der Waals surface area contributed by atoms with E-state index in [1.807, 2.05) is 13.8 Å². The summed E-state index contributed by atoms with van der Waals surface area (Å²) in [5.74, 6) is 0. The first-order chi connectivity index (χ1) is 8.40. The predicted octanol–water partition coefficient (Wildman–Crippen LogP) is 2.75. The second-order valence-electron chi connectivity index (χ2n) is 4.06. The fourth-order valence-electron chi connectivity index (χ4n) is 1.56. The van der Waals surface area contributed by atoms with Gasteiger partial charge in [-0.3, -0.25) is 4.72 Å². The molecule has 4 nitrogen and oxygen atoms in total. The molecule has 6 heteroatoms. The first-order valence-corrected chi connectivity index (χ1v) is 7.69. The molecular formula is C12H14N2O2S2. The summed E-state index contributed by atoms with van der Waals surface area (Å²) in [5.41, 5.74) is 8.65. The van der Waals surface area contributed by atoms with Gasteiger partial charge in [-0.05, 0) is 48.6 Å². The predicted molar refractivity (Wildman–Crippen MR) is 75.5 cm³/mol. The number of thiophene rings is 1. The van der Waals surface area contributed by atoms with Gasteiger partial charge in [0.25, 0.3) is 10.0 Å². The van der Waals surface area contributed by atoms with Crippen molar-refractivity contribution in [3.05, 3.63) is 40.8 Å². The Morgan fingerprint density at radius 1 is 1.22 bits per heavy atom. The van der Waals surface area contributed by atoms with E-state index in [2.05, 4.69) is 4.72 Å². The molecule has 0 saturated carbocycles. The molecule has 0 saturated heterocycles. The average Bonchev–Trinajstić information content (AvgIpc) is 2.79. The molecule has 0 amide bonds. The molecule has 0 bridgehead atoms. The third kappa shape index (κ3) is 2.49. The van der Waals surface area contributed by atoms with E-state index in [1.54, 1.807) is 29.6 Å². The van der Waals surface area contributed by atoms with E-state index in [9.17, 15) is 8.42 Å². The molecule has 1 aromatic carbocycles. The highest BCUT2D eigenvalue weighted by atomic mass is 32.2. The standard InChI is InChI=1S/C12H14N2O2S2/c1-8-7-11(9(2)6-10(8)13)14-18(15,16)12-4-3-5-17-12/h3-7,14H,13H2,1-2H3. The van der Waals surface area contributed by atoms with Crippen LogP contribution >= 0.6 is 11.3 Å². The summed E-state index contributed by atoms with van der Waals surface area (Å²) in [7, 11) is -3.49. The lowest BCUT2D eigenvalue weighted by Crippen LogP contribution is -2.12. The zero-order chi connectivity index (χ0) is 13.3. The van der Waals surface area contributed by atoms with Gasteiger partial charge >= 0.3 is 0 Å². The van der Waals surface area contributed by atoms with Crippen LogP contribution in [0.1, 0.15) is 11.1 Å². The van der Waals surface area contributed by atoms with Crippen molar-refractivity contribution in [3.63, 3.8) is 0 Å². The van der Waals surface area contributed by atoms with Crippen molar-refractivity contribution in [2.75, 3.05) is 10.5 Å². The molecule has 1 aromatic heterocycles. The maximum atomic E-state index is 12.1. The van der Waals surface area contributed by atoms with Crippen molar-refractivity contribution in [1.82, 2.24) is 0 Å². The molecule has 18 heavy (non-hydrogen) atoms. The minimum Gasteiger partial charge on any atom is -0.399 e. The Labute approximate surface area is 111 Å². The van der Waals surface area contributed by atoms with E-state index in [0.29, 0.717) is 15.6 Å². The first-order valence-electron chi connectivity index (χ1n) is 5.33. The number of hydrogen-bond donors (Lipinski definition) is 2. The average molecular weight is 282 g/mol. The number of aryl methyl sites for hydroxylation is 2. The van der Waals surface area contributed by atoms with Gasteiger partial charge in [0.15, 0.2) is 0 Å². The number of rotatable bonds is 3. The quantitative estimate of drug-likeness (QED) is 0.850. The molecule has 0 unspecified atom stereocenters. The third-order valence-electron chi connectivity index (χ3n) is 2.62. The molecule has 3 N–H and O–H groups in total. The Morgan fingerprint density at radius 3 is 2.56 bits per heavy atom. The molecule has 96 valence electrons. The summed E-state index contributed by atoms with van der Waals surface area (Å²) in [6.07, 6.45) is 0. The van der Waals surface area contributed by atoms with Crippen molar-refractivity contribution in [2.24, 2.45) is 0 Å². The molecule has 1 heterocycles. The number of hydrogen-bond acceptors (Lipinski definition) is 4. The van der Waals surface area contributed by atoms with Crippen LogP contribution in [0.5, 0.6) is 0 Å². The minimum atomic E-state index is -3.49. The summed E-state index contributed by atoms with van der Waals surface area (Å²) < 4.78 is 27.0. The highest BCUT2D eigenvalue weighted by Crippen LogP contribution is 2.26. The number of nitrogens with one attached hydrogen (secondary N) is 1. The Kier molecular flexibility index (Phi) is 3.32. The highest BCUT2D eigenvalue weighted by Gasteiger charge is 2.16. The zero-order valence-electron chi connectivity index (χ0n) is 10.1. The van der Waals surface area contributed by atoms with E-state index < -0.39 is 10.0 Å². The lowest BCUT2D eigenvalue weighted by molar-refractivity contribution is 0.603. The molecule has 0 spiro atoms. The zero-order valence-corrected chi connectivity index (χ0v) is 11.7. The first kappa shape index (κ1) is 12.9. The summed E-state index contributed by atoms with van der Waals surface area (Å²) >= 11 is 1.19. The monoisotopic (exact) mass is 282 g/mol. The van der Waals surface area contributed by atoms with Crippen molar-refractivity contribution >= 4 is 32.7 Å². The Hall–Kier alpha value is -1.53. The SMILES string of the molecule is Cc1cc(NS(=O)(=O)c2cccs2)c(C)cc1N. The Balaban J connectivity index is 2.39. The van der Waals surface area contributed by atoms with E-state index in [-0.39, 0.29) is 0 Å². The number of sulfonamides is 1. The van der Waals surface area contributed by atoms with Crippen molar-refractivity contribution in [2.45, 2.75) is 18.1 Å². The fourth-order valence-corrected chi connectivity index (χ4v) is 3.67. The van der Waals surface area contributed by atoms with Crippen LogP contribution in [0, 0.1) is 13.8 Å². The maximum Gasteiger partial charge on any atom is 0.271 e. The second kappa shape index (κ2) is 4.62. The van der Waals surface area contributed by atoms with Crippen LogP contribution in [-0.4, -0.2) is 8.42 Å². The van der Waals surface area contributed by atoms with Crippen LogP contribution < -0.4 is 10.5 Å². The number of benzene rings is 1. The van der Waals surface area contributed by atoms with Crippen molar-refractivity contribution in [3.8, 4) is 0 Å². The minimum absolute atomic E-state index is 0.302. The van der Waals surface area contributed by atoms with Gasteiger partial charge in [-0.2, -0.15) is 0 Å². The smallest absolute Gasteiger partial charge is 0.271 e. The largest absolute Gasteiger partial charge is 0.399 e. The second-order valence-corrected chi connectivity index (χ2v) is 6.92. The van der Waals surface area contributed by atoms with Crippen LogP contribution in [0.25, 0.3) is 0 Å². The molecule has 2 rings (SSSR count). The Bertz CT molecular complexity index is 662. The van der Waals surface area contributed by atoms with E-state index in [1.165, 1.54) is 11.3 Å². The van der Waals surface area contributed by atoms with Crippen molar-refractivity contribution in [1.29, 1.82) is 0 Å². The maximum absolute atomic E-state index is 12.1. The molecule has 0 aliphatic rings. The van der Waals surface area contributed by atoms with Gasteiger partial charge in [-0.25, -0.2) is 8.42 Å². The highest BCUT2D eigenvalue weighted by molar-refractivity contribution is 7.94. The van der Waals surface area contributed by atoms with E-state index >= 15 is 0 Å². The topological polar surface area (TPSA) is 72.2 Å². The van der Waals surface area contributed by atoms with Gasteiger partial charge in [0, 0.05) is 5.69 Å².